The number of carboxylic acids is 1. The van der Waals surface area contributed by atoms with Crippen LogP contribution in [0.1, 0.15) is 5.69 Å². The summed E-state index contributed by atoms with van der Waals surface area (Å²) >= 11 is 0.973. The van der Waals surface area contributed by atoms with Gasteiger partial charge in [0.15, 0.2) is 5.16 Å². The average Bonchev–Trinajstić information content (AvgIpc) is 2.70. The largest absolute Gasteiger partial charge is 0.481 e. The van der Waals surface area contributed by atoms with E-state index in [-0.39, 0.29) is 12.3 Å². The maximum absolute atomic E-state index is 11.5. The van der Waals surface area contributed by atoms with E-state index < -0.39 is 11.7 Å². The highest BCUT2D eigenvalue weighted by Crippen LogP contribution is 2.13. The molecule has 9 heteroatoms. The predicted octanol–water partition coefficient (Wildman–Crippen LogP) is -0.414. The number of H-pyrrole nitrogens is 1. The number of hydrogen-bond acceptors (Lipinski definition) is 6. The quantitative estimate of drug-likeness (QED) is 0.707. The fraction of sp³-hybridized carbons (Fsp3) is 0.222. The van der Waals surface area contributed by atoms with Crippen molar-refractivity contribution in [2.24, 2.45) is 0 Å². The van der Waals surface area contributed by atoms with Crippen molar-refractivity contribution in [1.82, 2.24) is 24.7 Å². The predicted molar refractivity (Wildman–Crippen MR) is 62.3 cm³/mol. The number of hydrogen-bond donors (Lipinski definition) is 2. The van der Waals surface area contributed by atoms with Gasteiger partial charge >= 0.3 is 11.7 Å². The zero-order valence-corrected chi connectivity index (χ0v) is 9.92. The Morgan fingerprint density at radius 1 is 1.56 bits per heavy atom. The molecule has 0 radical (unpaired) electrons. The molecule has 0 aliphatic heterocycles. The molecule has 0 saturated carbocycles. The molecule has 0 aliphatic rings. The van der Waals surface area contributed by atoms with Gasteiger partial charge in [-0.2, -0.15) is 0 Å². The van der Waals surface area contributed by atoms with Gasteiger partial charge in [-0.1, -0.05) is 11.8 Å². The molecule has 2 rings (SSSR count). The van der Waals surface area contributed by atoms with Gasteiger partial charge in [-0.3, -0.25) is 9.36 Å². The summed E-state index contributed by atoms with van der Waals surface area (Å²) in [6.07, 6.45) is 2.95. The van der Waals surface area contributed by atoms with Crippen LogP contribution in [0, 0.1) is 0 Å². The molecule has 0 unspecified atom stereocenters. The van der Waals surface area contributed by atoms with Crippen LogP contribution in [-0.4, -0.2) is 41.6 Å². The highest BCUT2D eigenvalue weighted by Gasteiger charge is 2.11. The molecular formula is C9H9N5O3S. The van der Waals surface area contributed by atoms with E-state index in [4.69, 9.17) is 5.11 Å². The minimum absolute atomic E-state index is 0.159. The molecule has 8 nitrogen and oxygen atoms in total. The number of carboxylic acid groups (broad SMARTS) is 1. The molecule has 0 spiro atoms. The number of thioether (sulfide) groups is 1. The lowest BCUT2D eigenvalue weighted by Gasteiger charge is -2.03. The highest BCUT2D eigenvalue weighted by atomic mass is 32.2. The average molecular weight is 267 g/mol. The van der Waals surface area contributed by atoms with Gasteiger partial charge in [0, 0.05) is 6.20 Å². The monoisotopic (exact) mass is 267 g/mol. The van der Waals surface area contributed by atoms with Gasteiger partial charge < -0.3 is 5.11 Å². The second-order valence-electron chi connectivity index (χ2n) is 3.28. The zero-order valence-electron chi connectivity index (χ0n) is 9.11. The molecule has 94 valence electrons. The van der Waals surface area contributed by atoms with Crippen molar-refractivity contribution in [3.05, 3.63) is 34.8 Å². The molecule has 0 bridgehead atoms. The van der Waals surface area contributed by atoms with E-state index in [1.54, 1.807) is 12.3 Å². The Kier molecular flexibility index (Phi) is 3.72. The Hall–Kier alpha value is -2.16. The number of aromatic amines is 1. The summed E-state index contributed by atoms with van der Waals surface area (Å²) in [6, 6.07) is 1.67. The summed E-state index contributed by atoms with van der Waals surface area (Å²) in [6.45, 7) is 0.222. The van der Waals surface area contributed by atoms with Crippen LogP contribution >= 0.6 is 11.8 Å². The normalized spacial score (nSPS) is 10.4. The van der Waals surface area contributed by atoms with Crippen molar-refractivity contribution in [3.63, 3.8) is 0 Å². The second-order valence-corrected chi connectivity index (χ2v) is 4.22. The van der Waals surface area contributed by atoms with Gasteiger partial charge in [0.1, 0.15) is 6.33 Å². The van der Waals surface area contributed by atoms with Crippen molar-refractivity contribution < 1.29 is 9.90 Å². The fourth-order valence-electron chi connectivity index (χ4n) is 1.25. The summed E-state index contributed by atoms with van der Waals surface area (Å²) in [5.41, 5.74) is 0.243. The van der Waals surface area contributed by atoms with Gasteiger partial charge in [-0.15, -0.1) is 5.10 Å². The van der Waals surface area contributed by atoms with Crippen molar-refractivity contribution in [2.45, 2.75) is 11.7 Å². The van der Waals surface area contributed by atoms with Crippen molar-refractivity contribution in [2.75, 3.05) is 5.75 Å². The van der Waals surface area contributed by atoms with E-state index >= 15 is 0 Å². The lowest BCUT2D eigenvalue weighted by molar-refractivity contribution is -0.133. The lowest BCUT2D eigenvalue weighted by atomic mass is 10.4. The Morgan fingerprint density at radius 2 is 2.39 bits per heavy atom. The highest BCUT2D eigenvalue weighted by molar-refractivity contribution is 7.99. The number of rotatable bonds is 5. The molecule has 0 aromatic carbocycles. The van der Waals surface area contributed by atoms with Crippen molar-refractivity contribution >= 4 is 17.7 Å². The lowest BCUT2D eigenvalue weighted by Crippen LogP contribution is -2.19. The van der Waals surface area contributed by atoms with E-state index in [2.05, 4.69) is 20.2 Å². The number of nitrogens with one attached hydrogen (secondary N) is 1. The Morgan fingerprint density at radius 3 is 3.06 bits per heavy atom. The van der Waals surface area contributed by atoms with Gasteiger partial charge in [0.05, 0.1) is 18.0 Å². The van der Waals surface area contributed by atoms with E-state index in [1.807, 2.05) is 0 Å². The Bertz CT molecular complexity index is 594. The maximum Gasteiger partial charge on any atom is 0.344 e. The first-order valence-electron chi connectivity index (χ1n) is 4.91. The van der Waals surface area contributed by atoms with Gasteiger partial charge in [-0.25, -0.2) is 19.9 Å². The SMILES string of the molecule is O=C(O)CSc1n[nH]c(=O)n1Cc1ccncn1. The molecule has 0 amide bonds. The van der Waals surface area contributed by atoms with Crippen LogP contribution in [0.4, 0.5) is 0 Å². The number of carbonyl (C=O) groups is 1. The standard InChI is InChI=1S/C9H9N5O3S/c15-7(16)4-18-9-13-12-8(17)14(9)3-6-1-2-10-5-11-6/h1-2,5H,3-4H2,(H,12,17)(H,15,16). The second kappa shape index (κ2) is 5.45. The van der Waals surface area contributed by atoms with E-state index in [0.717, 1.165) is 11.8 Å². The molecule has 0 fully saturated rings. The third-order valence-corrected chi connectivity index (χ3v) is 2.97. The van der Waals surface area contributed by atoms with Crippen molar-refractivity contribution in [3.8, 4) is 0 Å². The maximum atomic E-state index is 11.5. The van der Waals surface area contributed by atoms with E-state index in [0.29, 0.717) is 10.9 Å². The van der Waals surface area contributed by atoms with Crippen LogP contribution in [0.2, 0.25) is 0 Å². The Balaban J connectivity index is 2.19. The molecule has 2 aromatic rings. The topological polar surface area (TPSA) is 114 Å². The van der Waals surface area contributed by atoms with Crippen LogP contribution in [-0.2, 0) is 11.3 Å². The Labute approximate surface area is 105 Å². The summed E-state index contributed by atoms with van der Waals surface area (Å²) < 4.78 is 1.33. The molecule has 2 heterocycles. The smallest absolute Gasteiger partial charge is 0.344 e. The molecule has 18 heavy (non-hydrogen) atoms. The van der Waals surface area contributed by atoms with Gasteiger partial charge in [0.2, 0.25) is 0 Å². The third-order valence-electron chi connectivity index (χ3n) is 2.01. The van der Waals surface area contributed by atoms with Crippen LogP contribution in [0.25, 0.3) is 0 Å². The molecular weight excluding hydrogens is 258 g/mol. The molecule has 0 atom stereocenters. The number of aliphatic carboxylic acids is 1. The third kappa shape index (κ3) is 2.94. The number of nitrogens with zero attached hydrogens (tertiary/aromatic N) is 4. The first-order valence-corrected chi connectivity index (χ1v) is 5.90. The summed E-state index contributed by atoms with van der Waals surface area (Å²) in [5, 5.41) is 15.0. The molecule has 0 aliphatic carbocycles. The first-order chi connectivity index (χ1) is 8.66. The molecule has 2 N–H and O–H groups in total. The molecule has 0 saturated heterocycles. The van der Waals surface area contributed by atoms with Crippen LogP contribution in [0.15, 0.2) is 28.5 Å². The number of aromatic nitrogens is 5. The van der Waals surface area contributed by atoms with E-state index in [9.17, 15) is 9.59 Å². The molecule has 2 aromatic heterocycles. The van der Waals surface area contributed by atoms with Gasteiger partial charge in [-0.05, 0) is 6.07 Å². The summed E-state index contributed by atoms with van der Waals surface area (Å²) in [4.78, 5) is 29.8. The zero-order chi connectivity index (χ0) is 13.0. The van der Waals surface area contributed by atoms with Crippen LogP contribution in [0.5, 0.6) is 0 Å². The fourth-order valence-corrected chi connectivity index (χ4v) is 1.92. The van der Waals surface area contributed by atoms with Crippen LogP contribution in [0.3, 0.4) is 0 Å². The first kappa shape index (κ1) is 12.3. The minimum Gasteiger partial charge on any atom is -0.481 e. The van der Waals surface area contributed by atoms with E-state index in [1.165, 1.54) is 10.9 Å². The van der Waals surface area contributed by atoms with Gasteiger partial charge in [0.25, 0.3) is 0 Å². The summed E-state index contributed by atoms with van der Waals surface area (Å²) in [7, 11) is 0. The van der Waals surface area contributed by atoms with Crippen LogP contribution < -0.4 is 5.69 Å². The minimum atomic E-state index is -0.968. The summed E-state index contributed by atoms with van der Waals surface area (Å²) in [5.74, 6) is -1.13. The van der Waals surface area contributed by atoms with Crippen molar-refractivity contribution in [1.29, 1.82) is 0 Å².